The van der Waals surface area contributed by atoms with Crippen LogP contribution < -0.4 is 4.90 Å². The third kappa shape index (κ3) is 4.51. The molecule has 0 aliphatic rings. The van der Waals surface area contributed by atoms with Gasteiger partial charge in [0.15, 0.2) is 5.13 Å². The van der Waals surface area contributed by atoms with Crippen molar-refractivity contribution >= 4 is 67.9 Å². The Bertz CT molecular complexity index is 862. The Balaban J connectivity index is 0.00000225. The number of likely N-dealkylation sites (N-methyl/N-ethyl adjacent to an activating group) is 1. The number of thiazole rings is 1. The van der Waals surface area contributed by atoms with Gasteiger partial charge in [-0.15, -0.1) is 23.7 Å². The Morgan fingerprint density at radius 2 is 2.04 bits per heavy atom. The van der Waals surface area contributed by atoms with Crippen molar-refractivity contribution in [3.05, 3.63) is 45.1 Å². The second-order valence-corrected chi connectivity index (χ2v) is 8.20. The van der Waals surface area contributed by atoms with E-state index in [-0.39, 0.29) is 18.3 Å². The van der Waals surface area contributed by atoms with Crippen molar-refractivity contribution in [2.24, 2.45) is 0 Å². The highest BCUT2D eigenvalue weighted by Crippen LogP contribution is 2.33. The van der Waals surface area contributed by atoms with Crippen molar-refractivity contribution in [2.45, 2.75) is 6.92 Å². The summed E-state index contributed by atoms with van der Waals surface area (Å²) < 4.78 is 1.00. The van der Waals surface area contributed by atoms with Crippen molar-refractivity contribution in [1.29, 1.82) is 0 Å². The highest BCUT2D eigenvalue weighted by molar-refractivity contribution is 7.22. The molecule has 0 aliphatic carbocycles. The Kier molecular flexibility index (Phi) is 6.82. The maximum atomic E-state index is 12.9. The highest BCUT2D eigenvalue weighted by Gasteiger charge is 2.22. The van der Waals surface area contributed by atoms with E-state index < -0.39 is 0 Å². The number of carbonyl (C=O) groups is 1. The van der Waals surface area contributed by atoms with Gasteiger partial charge in [0.05, 0.1) is 15.1 Å². The molecule has 0 N–H and O–H groups in total. The molecule has 3 rings (SSSR count). The number of benzene rings is 1. The van der Waals surface area contributed by atoms with Gasteiger partial charge in [-0.1, -0.05) is 29.0 Å². The van der Waals surface area contributed by atoms with E-state index in [1.54, 1.807) is 4.90 Å². The van der Waals surface area contributed by atoms with Crippen LogP contribution in [0.25, 0.3) is 10.2 Å². The molecular formula is C17H19Cl2N3OS2. The quantitative estimate of drug-likeness (QED) is 0.591. The topological polar surface area (TPSA) is 36.4 Å². The number of halogens is 2. The summed E-state index contributed by atoms with van der Waals surface area (Å²) in [7, 11) is 3.99. The standard InChI is InChI=1S/C17H18ClN3OS2.ClH/c1-11-9-12(18)10-14-15(11)19-17(24-14)21(7-6-20(2)3)16(22)13-5-4-8-23-13;/h4-5,8-10H,6-7H2,1-3H3;1H. The lowest BCUT2D eigenvalue weighted by molar-refractivity contribution is 0.0989. The number of hydrogen-bond acceptors (Lipinski definition) is 5. The number of thiophene rings is 1. The molecule has 0 saturated heterocycles. The van der Waals surface area contributed by atoms with Gasteiger partial charge in [-0.2, -0.15) is 0 Å². The second-order valence-electron chi connectivity index (χ2n) is 5.80. The number of carbonyl (C=O) groups excluding carboxylic acids is 1. The van der Waals surface area contributed by atoms with Crippen LogP contribution in [0.2, 0.25) is 5.02 Å². The minimum Gasteiger partial charge on any atom is -0.308 e. The molecule has 2 heterocycles. The minimum atomic E-state index is -0.00495. The monoisotopic (exact) mass is 415 g/mol. The van der Waals surface area contributed by atoms with Crippen LogP contribution in [0.4, 0.5) is 5.13 Å². The number of nitrogens with zero attached hydrogens (tertiary/aromatic N) is 3. The summed E-state index contributed by atoms with van der Waals surface area (Å²) in [6, 6.07) is 7.55. The Morgan fingerprint density at radius 1 is 1.28 bits per heavy atom. The summed E-state index contributed by atoms with van der Waals surface area (Å²) in [4.78, 5) is 22.2. The molecule has 1 amide bonds. The summed E-state index contributed by atoms with van der Waals surface area (Å²) in [6.45, 7) is 3.35. The fourth-order valence-corrected chi connectivity index (χ4v) is 4.49. The van der Waals surface area contributed by atoms with E-state index in [0.717, 1.165) is 32.3 Å². The first kappa shape index (κ1) is 20.1. The van der Waals surface area contributed by atoms with Gasteiger partial charge in [0.2, 0.25) is 0 Å². The normalized spacial score (nSPS) is 10.9. The molecule has 0 atom stereocenters. The van der Waals surface area contributed by atoms with Crippen LogP contribution in [0.1, 0.15) is 15.2 Å². The minimum absolute atomic E-state index is 0. The number of amides is 1. The zero-order valence-electron chi connectivity index (χ0n) is 14.2. The average Bonchev–Trinajstić information content (AvgIpc) is 3.16. The van der Waals surface area contributed by atoms with E-state index in [4.69, 9.17) is 16.6 Å². The molecule has 0 spiro atoms. The zero-order valence-corrected chi connectivity index (χ0v) is 17.4. The molecule has 0 radical (unpaired) electrons. The second kappa shape index (κ2) is 8.47. The van der Waals surface area contributed by atoms with Crippen molar-refractivity contribution < 1.29 is 4.79 Å². The molecule has 8 heteroatoms. The fourth-order valence-electron chi connectivity index (χ4n) is 2.38. The van der Waals surface area contributed by atoms with Gasteiger partial charge < -0.3 is 4.90 Å². The number of aryl methyl sites for hydroxylation is 1. The van der Waals surface area contributed by atoms with Crippen LogP contribution in [-0.4, -0.2) is 43.0 Å². The summed E-state index contributed by atoms with van der Waals surface area (Å²) in [5.74, 6) is -0.00495. The van der Waals surface area contributed by atoms with Gasteiger partial charge in [-0.3, -0.25) is 9.69 Å². The van der Waals surface area contributed by atoms with E-state index in [1.165, 1.54) is 22.7 Å². The van der Waals surface area contributed by atoms with E-state index in [1.807, 2.05) is 50.7 Å². The van der Waals surface area contributed by atoms with Gasteiger partial charge >= 0.3 is 0 Å². The van der Waals surface area contributed by atoms with E-state index >= 15 is 0 Å². The summed E-state index contributed by atoms with van der Waals surface area (Å²) in [5, 5.41) is 3.33. The average molecular weight is 416 g/mol. The van der Waals surface area contributed by atoms with Crippen molar-refractivity contribution in [2.75, 3.05) is 32.1 Å². The first-order valence-corrected chi connectivity index (χ1v) is 9.60. The van der Waals surface area contributed by atoms with Gasteiger partial charge in [0.25, 0.3) is 5.91 Å². The smallest absolute Gasteiger partial charge is 0.270 e. The molecular weight excluding hydrogens is 397 g/mol. The van der Waals surface area contributed by atoms with E-state index in [9.17, 15) is 4.79 Å². The molecule has 1 aromatic carbocycles. The lowest BCUT2D eigenvalue weighted by atomic mass is 10.2. The van der Waals surface area contributed by atoms with E-state index in [2.05, 4.69) is 4.90 Å². The predicted octanol–water partition coefficient (Wildman–Crippen LogP) is 4.95. The number of aromatic nitrogens is 1. The maximum Gasteiger partial charge on any atom is 0.270 e. The van der Waals surface area contributed by atoms with Crippen LogP contribution in [0, 0.1) is 6.92 Å². The highest BCUT2D eigenvalue weighted by atomic mass is 35.5. The lowest BCUT2D eigenvalue weighted by Gasteiger charge is -2.21. The summed E-state index contributed by atoms with van der Waals surface area (Å²) in [6.07, 6.45) is 0. The molecule has 134 valence electrons. The van der Waals surface area contributed by atoms with Crippen LogP contribution >= 0.6 is 46.7 Å². The molecule has 4 nitrogen and oxygen atoms in total. The molecule has 0 fully saturated rings. The molecule has 3 aromatic rings. The maximum absolute atomic E-state index is 12.9. The third-order valence-electron chi connectivity index (χ3n) is 3.62. The van der Waals surface area contributed by atoms with Crippen molar-refractivity contribution in [3.8, 4) is 0 Å². The van der Waals surface area contributed by atoms with Crippen LogP contribution in [0.15, 0.2) is 29.6 Å². The number of hydrogen-bond donors (Lipinski definition) is 0. The number of fused-ring (bicyclic) bond motifs is 1. The SMILES string of the molecule is Cc1cc(Cl)cc2sc(N(CCN(C)C)C(=O)c3cccs3)nc12.Cl. The van der Waals surface area contributed by atoms with Gasteiger partial charge in [-0.25, -0.2) is 4.98 Å². The number of rotatable bonds is 5. The Labute approximate surface area is 166 Å². The van der Waals surface area contributed by atoms with Gasteiger partial charge in [0, 0.05) is 18.1 Å². The number of anilines is 1. The van der Waals surface area contributed by atoms with Gasteiger partial charge in [-0.05, 0) is 50.2 Å². The van der Waals surface area contributed by atoms with Gasteiger partial charge in [0.1, 0.15) is 0 Å². The van der Waals surface area contributed by atoms with Crippen LogP contribution in [0.5, 0.6) is 0 Å². The molecule has 0 aliphatic heterocycles. The summed E-state index contributed by atoms with van der Waals surface area (Å²) in [5.41, 5.74) is 1.93. The Morgan fingerprint density at radius 3 is 2.68 bits per heavy atom. The third-order valence-corrected chi connectivity index (χ3v) is 5.72. The molecule has 0 unspecified atom stereocenters. The first-order valence-electron chi connectivity index (χ1n) is 7.52. The molecule has 2 aromatic heterocycles. The molecule has 25 heavy (non-hydrogen) atoms. The molecule has 0 saturated carbocycles. The largest absolute Gasteiger partial charge is 0.308 e. The van der Waals surface area contributed by atoms with Crippen molar-refractivity contribution in [1.82, 2.24) is 9.88 Å². The predicted molar refractivity (Wildman–Crippen MR) is 111 cm³/mol. The van der Waals surface area contributed by atoms with Crippen LogP contribution in [0.3, 0.4) is 0 Å². The fraction of sp³-hybridized carbons (Fsp3) is 0.294. The lowest BCUT2D eigenvalue weighted by Crippen LogP contribution is -2.36. The summed E-state index contributed by atoms with van der Waals surface area (Å²) >= 11 is 9.11. The van der Waals surface area contributed by atoms with Crippen molar-refractivity contribution in [3.63, 3.8) is 0 Å². The zero-order chi connectivity index (χ0) is 17.3. The van der Waals surface area contributed by atoms with E-state index in [0.29, 0.717) is 11.6 Å². The Hall–Kier alpha value is -1.18. The van der Waals surface area contributed by atoms with Crippen LogP contribution in [-0.2, 0) is 0 Å². The molecule has 0 bridgehead atoms. The first-order chi connectivity index (χ1) is 11.5.